The maximum atomic E-state index is 11.7. The molecule has 0 bridgehead atoms. The minimum atomic E-state index is -0.994. The largest absolute Gasteiger partial charge is 0.290 e. The van der Waals surface area contributed by atoms with Crippen LogP contribution in [0.15, 0.2) is 18.2 Å². The SMILES string of the molecule is N#CC(C#N)Cc1c(C(=O)NN)cccc1C(=O)NN. The molecule has 1 aromatic carbocycles. The Morgan fingerprint density at radius 3 is 1.90 bits per heavy atom. The van der Waals surface area contributed by atoms with Crippen LogP contribution in [0.25, 0.3) is 0 Å². The van der Waals surface area contributed by atoms with Gasteiger partial charge in [0.25, 0.3) is 11.8 Å². The van der Waals surface area contributed by atoms with E-state index in [0.29, 0.717) is 0 Å². The Kier molecular flexibility index (Phi) is 5.18. The van der Waals surface area contributed by atoms with Gasteiger partial charge < -0.3 is 0 Å². The van der Waals surface area contributed by atoms with Gasteiger partial charge >= 0.3 is 0 Å². The lowest BCUT2D eigenvalue weighted by molar-refractivity contribution is 0.0952. The van der Waals surface area contributed by atoms with Crippen molar-refractivity contribution in [2.45, 2.75) is 6.42 Å². The van der Waals surface area contributed by atoms with Gasteiger partial charge in [-0.05, 0) is 17.7 Å². The number of benzene rings is 1. The van der Waals surface area contributed by atoms with Crippen LogP contribution in [-0.4, -0.2) is 11.8 Å². The van der Waals surface area contributed by atoms with Crippen LogP contribution >= 0.6 is 0 Å². The van der Waals surface area contributed by atoms with Crippen LogP contribution in [0.2, 0.25) is 0 Å². The van der Waals surface area contributed by atoms with E-state index in [9.17, 15) is 9.59 Å². The second-order valence-electron chi connectivity index (χ2n) is 3.79. The summed E-state index contributed by atoms with van der Waals surface area (Å²) in [5.74, 6) is 7.90. The first kappa shape index (κ1) is 15.1. The maximum absolute atomic E-state index is 11.7. The van der Waals surface area contributed by atoms with E-state index >= 15 is 0 Å². The van der Waals surface area contributed by atoms with Gasteiger partial charge in [0, 0.05) is 17.5 Å². The van der Waals surface area contributed by atoms with Crippen LogP contribution in [0, 0.1) is 28.6 Å². The number of nitrogens with one attached hydrogen (secondary N) is 2. The molecule has 0 saturated carbocycles. The van der Waals surface area contributed by atoms with E-state index in [0.717, 1.165) is 0 Å². The van der Waals surface area contributed by atoms with E-state index in [1.165, 1.54) is 18.2 Å². The third-order valence-corrected chi connectivity index (χ3v) is 2.65. The number of amides is 2. The summed E-state index contributed by atoms with van der Waals surface area (Å²) in [4.78, 5) is 23.4. The van der Waals surface area contributed by atoms with E-state index < -0.39 is 17.7 Å². The minimum Gasteiger partial charge on any atom is -0.290 e. The zero-order valence-corrected chi connectivity index (χ0v) is 10.4. The molecule has 0 aromatic heterocycles. The predicted octanol–water partition coefficient (Wildman–Crippen LogP) is -0.901. The van der Waals surface area contributed by atoms with Crippen LogP contribution in [-0.2, 0) is 6.42 Å². The van der Waals surface area contributed by atoms with Gasteiger partial charge in [0.05, 0.1) is 12.1 Å². The van der Waals surface area contributed by atoms with E-state index in [2.05, 4.69) is 0 Å². The monoisotopic (exact) mass is 272 g/mol. The van der Waals surface area contributed by atoms with Crippen molar-refractivity contribution in [3.63, 3.8) is 0 Å². The van der Waals surface area contributed by atoms with Crippen molar-refractivity contribution in [2.75, 3.05) is 0 Å². The summed E-state index contributed by atoms with van der Waals surface area (Å²) in [6.45, 7) is 0. The summed E-state index contributed by atoms with van der Waals surface area (Å²) in [5, 5.41) is 17.7. The number of hydrogen-bond donors (Lipinski definition) is 4. The fourth-order valence-electron chi connectivity index (χ4n) is 1.71. The molecule has 0 aliphatic carbocycles. The molecule has 8 nitrogen and oxygen atoms in total. The molecule has 20 heavy (non-hydrogen) atoms. The number of rotatable bonds is 4. The molecule has 0 heterocycles. The Bertz CT molecular complexity index is 565. The number of nitrogens with zero attached hydrogens (tertiary/aromatic N) is 2. The zero-order valence-electron chi connectivity index (χ0n) is 10.4. The molecule has 0 aliphatic heterocycles. The van der Waals surface area contributed by atoms with Gasteiger partial charge in [-0.3, -0.25) is 20.4 Å². The van der Waals surface area contributed by atoms with Crippen molar-refractivity contribution in [1.29, 1.82) is 10.5 Å². The topological polar surface area (TPSA) is 158 Å². The van der Waals surface area contributed by atoms with Gasteiger partial charge in [-0.1, -0.05) is 6.07 Å². The lowest BCUT2D eigenvalue weighted by atomic mass is 9.92. The number of carbonyl (C=O) groups is 2. The van der Waals surface area contributed by atoms with Gasteiger partial charge in [-0.2, -0.15) is 10.5 Å². The average Bonchev–Trinajstić information content (AvgIpc) is 2.50. The highest BCUT2D eigenvalue weighted by atomic mass is 16.2. The second kappa shape index (κ2) is 6.85. The first-order valence-corrected chi connectivity index (χ1v) is 5.52. The first-order chi connectivity index (χ1) is 9.58. The third-order valence-electron chi connectivity index (χ3n) is 2.65. The molecule has 102 valence electrons. The Morgan fingerprint density at radius 2 is 1.55 bits per heavy atom. The van der Waals surface area contributed by atoms with Crippen LogP contribution in [0.1, 0.15) is 26.3 Å². The van der Waals surface area contributed by atoms with Gasteiger partial charge in [-0.25, -0.2) is 11.7 Å². The van der Waals surface area contributed by atoms with Gasteiger partial charge in [-0.15, -0.1) is 0 Å². The molecule has 2 amide bonds. The van der Waals surface area contributed by atoms with E-state index in [-0.39, 0.29) is 23.1 Å². The molecule has 0 saturated heterocycles. The molecule has 0 unspecified atom stereocenters. The Balaban J connectivity index is 3.41. The van der Waals surface area contributed by atoms with Crippen LogP contribution in [0.4, 0.5) is 0 Å². The van der Waals surface area contributed by atoms with Crippen molar-refractivity contribution in [3.8, 4) is 12.1 Å². The number of carbonyl (C=O) groups excluding carboxylic acids is 2. The molecular weight excluding hydrogens is 260 g/mol. The third kappa shape index (κ3) is 3.09. The summed E-state index contributed by atoms with van der Waals surface area (Å²) >= 11 is 0. The number of hydrogen-bond acceptors (Lipinski definition) is 6. The molecule has 0 atom stereocenters. The summed E-state index contributed by atoms with van der Waals surface area (Å²) in [6.07, 6.45) is -0.0840. The molecule has 0 fully saturated rings. The molecule has 0 spiro atoms. The second-order valence-corrected chi connectivity index (χ2v) is 3.79. The first-order valence-electron chi connectivity index (χ1n) is 5.52. The average molecular weight is 272 g/mol. The lowest BCUT2D eigenvalue weighted by Crippen LogP contribution is -2.34. The minimum absolute atomic E-state index is 0.0840. The van der Waals surface area contributed by atoms with Gasteiger partial charge in [0.2, 0.25) is 0 Å². The fourth-order valence-corrected chi connectivity index (χ4v) is 1.71. The summed E-state index contributed by atoms with van der Waals surface area (Å²) < 4.78 is 0. The van der Waals surface area contributed by atoms with Crippen LogP contribution < -0.4 is 22.5 Å². The summed E-state index contributed by atoms with van der Waals surface area (Å²) in [5.41, 5.74) is 4.37. The van der Waals surface area contributed by atoms with E-state index in [4.69, 9.17) is 22.2 Å². The van der Waals surface area contributed by atoms with E-state index in [1.54, 1.807) is 12.1 Å². The molecule has 0 radical (unpaired) electrons. The predicted molar refractivity (Wildman–Crippen MR) is 68.2 cm³/mol. The van der Waals surface area contributed by atoms with Crippen LogP contribution in [0.5, 0.6) is 0 Å². The van der Waals surface area contributed by atoms with E-state index in [1.807, 2.05) is 10.9 Å². The lowest BCUT2D eigenvalue weighted by Gasteiger charge is -2.13. The number of nitrogens with two attached hydrogens (primary N) is 2. The molecule has 1 rings (SSSR count). The smallest absolute Gasteiger partial charge is 0.265 e. The molecule has 6 N–H and O–H groups in total. The highest BCUT2D eigenvalue weighted by molar-refractivity contribution is 6.01. The fraction of sp³-hybridized carbons (Fsp3) is 0.167. The van der Waals surface area contributed by atoms with Crippen molar-refractivity contribution >= 4 is 11.8 Å². The summed E-state index contributed by atoms with van der Waals surface area (Å²) in [6, 6.07) is 7.92. The number of nitrogen functional groups attached to an aromatic ring is 2. The molecular formula is C12H12N6O2. The van der Waals surface area contributed by atoms with Crippen molar-refractivity contribution < 1.29 is 9.59 Å². The molecule has 8 heteroatoms. The molecule has 0 aliphatic rings. The number of hydrazine groups is 2. The maximum Gasteiger partial charge on any atom is 0.265 e. The number of nitriles is 2. The Labute approximate surface area is 114 Å². The van der Waals surface area contributed by atoms with Crippen LogP contribution in [0.3, 0.4) is 0 Å². The Morgan fingerprint density at radius 1 is 1.10 bits per heavy atom. The zero-order chi connectivity index (χ0) is 15.1. The Hall–Kier alpha value is -2.94. The summed E-state index contributed by atoms with van der Waals surface area (Å²) in [7, 11) is 0. The quantitative estimate of drug-likeness (QED) is 0.316. The highest BCUT2D eigenvalue weighted by Gasteiger charge is 2.21. The van der Waals surface area contributed by atoms with Crippen molar-refractivity contribution in [1.82, 2.24) is 10.9 Å². The van der Waals surface area contributed by atoms with Crippen molar-refractivity contribution in [3.05, 3.63) is 34.9 Å². The standard InChI is InChI=1S/C12H12N6O2/c13-5-7(6-14)4-10-8(11(19)17-15)2-1-3-9(10)12(20)18-16/h1-3,7H,4,15-16H2,(H,17,19)(H,18,20). The highest BCUT2D eigenvalue weighted by Crippen LogP contribution is 2.19. The normalized spacial score (nSPS) is 9.45. The van der Waals surface area contributed by atoms with Gasteiger partial charge in [0.1, 0.15) is 5.92 Å². The molecule has 1 aromatic rings. The van der Waals surface area contributed by atoms with Gasteiger partial charge in [0.15, 0.2) is 0 Å². The van der Waals surface area contributed by atoms with Crippen molar-refractivity contribution in [2.24, 2.45) is 17.6 Å².